The van der Waals surface area contributed by atoms with Crippen molar-refractivity contribution in [3.05, 3.63) is 60.2 Å². The van der Waals surface area contributed by atoms with Crippen LogP contribution in [0, 0.1) is 0 Å². The van der Waals surface area contributed by atoms with Gasteiger partial charge < -0.3 is 4.74 Å². The molecule has 0 aliphatic carbocycles. The van der Waals surface area contributed by atoms with E-state index >= 15 is 0 Å². The van der Waals surface area contributed by atoms with Gasteiger partial charge in [0.25, 0.3) is 0 Å². The van der Waals surface area contributed by atoms with Gasteiger partial charge in [0.1, 0.15) is 6.61 Å². The van der Waals surface area contributed by atoms with Crippen molar-refractivity contribution in [2.45, 2.75) is 37.2 Å². The van der Waals surface area contributed by atoms with E-state index in [1.165, 1.54) is 12.1 Å². The van der Waals surface area contributed by atoms with Crippen molar-refractivity contribution in [1.82, 2.24) is 4.31 Å². The molecule has 144 valence electrons. The molecule has 27 heavy (non-hydrogen) atoms. The third kappa shape index (κ3) is 5.30. The molecule has 0 atom stereocenters. The molecule has 0 saturated carbocycles. The lowest BCUT2D eigenvalue weighted by Gasteiger charge is -2.20. The van der Waals surface area contributed by atoms with Crippen LogP contribution in [0.4, 0.5) is 10.5 Å². The number of anilines is 1. The molecular weight excluding hydrogens is 364 g/mol. The molecule has 0 radical (unpaired) electrons. The number of carbonyl (C=O) groups is 1. The number of sulfonamides is 1. The van der Waals surface area contributed by atoms with Crippen LogP contribution in [0.5, 0.6) is 0 Å². The van der Waals surface area contributed by atoms with Crippen molar-refractivity contribution in [3.63, 3.8) is 0 Å². The summed E-state index contributed by atoms with van der Waals surface area (Å²) in [6, 6.07) is 15.6. The molecule has 2 aromatic carbocycles. The van der Waals surface area contributed by atoms with Crippen LogP contribution in [-0.2, 0) is 21.4 Å². The molecule has 0 spiro atoms. The van der Waals surface area contributed by atoms with E-state index in [0.29, 0.717) is 18.8 Å². The van der Waals surface area contributed by atoms with Gasteiger partial charge in [-0.3, -0.25) is 5.32 Å². The highest BCUT2D eigenvalue weighted by Crippen LogP contribution is 2.22. The molecule has 1 fully saturated rings. The van der Waals surface area contributed by atoms with E-state index in [1.807, 2.05) is 30.3 Å². The van der Waals surface area contributed by atoms with Crippen molar-refractivity contribution in [3.8, 4) is 0 Å². The van der Waals surface area contributed by atoms with Crippen LogP contribution >= 0.6 is 0 Å². The van der Waals surface area contributed by atoms with E-state index in [9.17, 15) is 13.2 Å². The third-order valence-corrected chi connectivity index (χ3v) is 6.43. The zero-order valence-electron chi connectivity index (χ0n) is 15.1. The van der Waals surface area contributed by atoms with Gasteiger partial charge in [-0.25, -0.2) is 13.2 Å². The van der Waals surface area contributed by atoms with E-state index < -0.39 is 16.1 Å². The average molecular weight is 388 g/mol. The third-order valence-electron chi connectivity index (χ3n) is 4.52. The van der Waals surface area contributed by atoms with E-state index in [1.54, 1.807) is 16.4 Å². The van der Waals surface area contributed by atoms with E-state index in [-0.39, 0.29) is 11.5 Å². The van der Waals surface area contributed by atoms with Gasteiger partial charge in [0.2, 0.25) is 10.0 Å². The fourth-order valence-electron chi connectivity index (χ4n) is 3.02. The first-order chi connectivity index (χ1) is 13.1. The molecule has 6 nitrogen and oxygen atoms in total. The number of ether oxygens (including phenoxy) is 1. The summed E-state index contributed by atoms with van der Waals surface area (Å²) < 4.78 is 32.2. The summed E-state index contributed by atoms with van der Waals surface area (Å²) in [6.07, 6.45) is 3.35. The van der Waals surface area contributed by atoms with Gasteiger partial charge in [0.15, 0.2) is 0 Å². The highest BCUT2D eigenvalue weighted by molar-refractivity contribution is 7.89. The summed E-state index contributed by atoms with van der Waals surface area (Å²) in [5.41, 5.74) is 1.38. The number of hydrogen-bond acceptors (Lipinski definition) is 4. The number of nitrogens with one attached hydrogen (secondary N) is 1. The zero-order chi connectivity index (χ0) is 19.1. The predicted octanol–water partition coefficient (Wildman–Crippen LogP) is 4.00. The summed E-state index contributed by atoms with van der Waals surface area (Å²) in [5, 5.41) is 2.61. The molecule has 1 heterocycles. The maximum absolute atomic E-state index is 12.7. The number of amides is 1. The standard InChI is InChI=1S/C20H24N2O4S/c23-20(26-16-17-8-4-3-5-9-17)21-18-10-12-19(13-11-18)27(24,25)22-14-6-1-2-7-15-22/h3-5,8-13H,1-2,6-7,14-16H2,(H,21,23). The van der Waals surface area contributed by atoms with Gasteiger partial charge in [0, 0.05) is 18.8 Å². The second-order valence-electron chi connectivity index (χ2n) is 6.53. The second-order valence-corrected chi connectivity index (χ2v) is 8.47. The van der Waals surface area contributed by atoms with Crippen LogP contribution in [0.25, 0.3) is 0 Å². The van der Waals surface area contributed by atoms with Crippen LogP contribution in [0.2, 0.25) is 0 Å². The first-order valence-electron chi connectivity index (χ1n) is 9.14. The van der Waals surface area contributed by atoms with Crippen LogP contribution in [0.15, 0.2) is 59.5 Å². The number of benzene rings is 2. The Morgan fingerprint density at radius 1 is 0.926 bits per heavy atom. The lowest BCUT2D eigenvalue weighted by Crippen LogP contribution is -2.31. The molecule has 7 heteroatoms. The Balaban J connectivity index is 1.58. The molecule has 1 N–H and O–H groups in total. The van der Waals surface area contributed by atoms with Crippen LogP contribution in [-0.4, -0.2) is 31.9 Å². The molecule has 1 amide bonds. The predicted molar refractivity (Wildman–Crippen MR) is 104 cm³/mol. The van der Waals surface area contributed by atoms with E-state index in [0.717, 1.165) is 31.2 Å². The molecule has 1 aliphatic heterocycles. The van der Waals surface area contributed by atoms with Crippen molar-refractivity contribution in [2.24, 2.45) is 0 Å². The van der Waals surface area contributed by atoms with Crippen LogP contribution in [0.1, 0.15) is 31.2 Å². The normalized spacial score (nSPS) is 15.7. The maximum atomic E-state index is 12.7. The summed E-state index contributed by atoms with van der Waals surface area (Å²) in [6.45, 7) is 1.30. The smallest absolute Gasteiger partial charge is 0.411 e. The molecule has 3 rings (SSSR count). The maximum Gasteiger partial charge on any atom is 0.411 e. The number of carbonyl (C=O) groups excluding carboxylic acids is 1. The van der Waals surface area contributed by atoms with Crippen LogP contribution in [0.3, 0.4) is 0 Å². The van der Waals surface area contributed by atoms with Gasteiger partial charge in [-0.1, -0.05) is 43.2 Å². The Morgan fingerprint density at radius 3 is 2.19 bits per heavy atom. The van der Waals surface area contributed by atoms with E-state index in [2.05, 4.69) is 5.32 Å². The van der Waals surface area contributed by atoms with Gasteiger partial charge >= 0.3 is 6.09 Å². The molecule has 1 aliphatic rings. The second kappa shape index (κ2) is 9.01. The largest absolute Gasteiger partial charge is 0.444 e. The zero-order valence-corrected chi connectivity index (χ0v) is 16.0. The Morgan fingerprint density at radius 2 is 1.56 bits per heavy atom. The highest BCUT2D eigenvalue weighted by atomic mass is 32.2. The Labute approximate surface area is 160 Å². The fraction of sp³-hybridized carbons (Fsp3) is 0.350. The summed E-state index contributed by atoms with van der Waals surface area (Å²) in [7, 11) is -3.49. The van der Waals surface area contributed by atoms with Crippen molar-refractivity contribution in [1.29, 1.82) is 0 Å². The molecule has 0 aromatic heterocycles. The topological polar surface area (TPSA) is 75.7 Å². The lowest BCUT2D eigenvalue weighted by molar-refractivity contribution is 0.155. The molecule has 1 saturated heterocycles. The van der Waals surface area contributed by atoms with Gasteiger partial charge in [-0.15, -0.1) is 0 Å². The van der Waals surface area contributed by atoms with Gasteiger partial charge in [-0.2, -0.15) is 4.31 Å². The summed E-state index contributed by atoms with van der Waals surface area (Å²) >= 11 is 0. The monoisotopic (exact) mass is 388 g/mol. The molecule has 2 aromatic rings. The van der Waals surface area contributed by atoms with Gasteiger partial charge in [0.05, 0.1) is 4.90 Å². The van der Waals surface area contributed by atoms with Crippen LogP contribution < -0.4 is 5.32 Å². The Kier molecular flexibility index (Phi) is 6.47. The van der Waals surface area contributed by atoms with Crippen molar-refractivity contribution in [2.75, 3.05) is 18.4 Å². The highest BCUT2D eigenvalue weighted by Gasteiger charge is 2.24. The number of hydrogen-bond donors (Lipinski definition) is 1. The number of rotatable bonds is 5. The molecule has 0 unspecified atom stereocenters. The Bertz CT molecular complexity index is 843. The molecule has 0 bridgehead atoms. The minimum atomic E-state index is -3.49. The SMILES string of the molecule is O=C(Nc1ccc(S(=O)(=O)N2CCCCCC2)cc1)OCc1ccccc1. The number of nitrogens with zero attached hydrogens (tertiary/aromatic N) is 1. The van der Waals surface area contributed by atoms with E-state index in [4.69, 9.17) is 4.74 Å². The minimum absolute atomic E-state index is 0.175. The summed E-state index contributed by atoms with van der Waals surface area (Å²) in [5.74, 6) is 0. The minimum Gasteiger partial charge on any atom is -0.444 e. The lowest BCUT2D eigenvalue weighted by atomic mass is 10.2. The van der Waals surface area contributed by atoms with Gasteiger partial charge in [-0.05, 0) is 42.7 Å². The average Bonchev–Trinajstić information content (AvgIpc) is 2.98. The van der Waals surface area contributed by atoms with Crippen molar-refractivity contribution >= 4 is 21.8 Å². The quantitative estimate of drug-likeness (QED) is 0.840. The van der Waals surface area contributed by atoms with Crippen molar-refractivity contribution < 1.29 is 17.9 Å². The summed E-state index contributed by atoms with van der Waals surface area (Å²) in [4.78, 5) is 12.1. The first kappa shape index (κ1) is 19.4. The first-order valence-corrected chi connectivity index (χ1v) is 10.6. The fourth-order valence-corrected chi connectivity index (χ4v) is 4.54. The Hall–Kier alpha value is -2.38. The molecular formula is C20H24N2O4S.